The van der Waals surface area contributed by atoms with E-state index in [1.807, 2.05) is 60.7 Å². The van der Waals surface area contributed by atoms with Crippen LogP contribution in [0, 0.1) is 0 Å². The van der Waals surface area contributed by atoms with Gasteiger partial charge in [0, 0.05) is 26.1 Å². The first-order valence-electron chi connectivity index (χ1n) is 11.3. The molecule has 34 heavy (non-hydrogen) atoms. The maximum Gasteiger partial charge on any atom is 0.433 e. The Morgan fingerprint density at radius 1 is 0.853 bits per heavy atom. The lowest BCUT2D eigenvalue weighted by molar-refractivity contribution is -0.240. The van der Waals surface area contributed by atoms with Gasteiger partial charge in [-0.25, -0.2) is 0 Å². The molecular weight excluding hydrogens is 441 g/mol. The molecule has 4 nitrogen and oxygen atoms in total. The lowest BCUT2D eigenvalue weighted by Gasteiger charge is -2.31. The number of carbonyl (C=O) groups excluding carboxylic acids is 1. The van der Waals surface area contributed by atoms with Gasteiger partial charge < -0.3 is 4.74 Å². The Hall–Kier alpha value is -3.16. The summed E-state index contributed by atoms with van der Waals surface area (Å²) < 4.78 is 46.2. The number of ether oxygens (including phenoxy) is 1. The summed E-state index contributed by atoms with van der Waals surface area (Å²) in [5, 5.41) is 0. The number of hydrogen-bond donors (Lipinski definition) is 0. The van der Waals surface area contributed by atoms with E-state index in [1.165, 1.54) is 0 Å². The number of carbonyl (C=O) groups is 1. The summed E-state index contributed by atoms with van der Waals surface area (Å²) in [5.41, 5.74) is 2.78. The normalized spacial score (nSPS) is 18.4. The van der Waals surface area contributed by atoms with Gasteiger partial charge in [-0.3, -0.25) is 14.6 Å². The zero-order valence-corrected chi connectivity index (χ0v) is 18.7. The lowest BCUT2D eigenvalue weighted by Crippen LogP contribution is -2.47. The molecule has 178 valence electrons. The van der Waals surface area contributed by atoms with Crippen molar-refractivity contribution >= 4 is 5.91 Å². The fourth-order valence-corrected chi connectivity index (χ4v) is 4.28. The number of benzene rings is 3. The van der Waals surface area contributed by atoms with E-state index >= 15 is 0 Å². The van der Waals surface area contributed by atoms with Crippen LogP contribution in [0.2, 0.25) is 0 Å². The minimum Gasteiger partial charge on any atom is -0.347 e. The predicted molar refractivity (Wildman–Crippen MR) is 123 cm³/mol. The predicted octanol–water partition coefficient (Wildman–Crippen LogP) is 5.57. The first-order valence-corrected chi connectivity index (χ1v) is 11.3. The second-order valence-electron chi connectivity index (χ2n) is 8.39. The molecule has 0 aliphatic carbocycles. The van der Waals surface area contributed by atoms with Crippen LogP contribution in [0.3, 0.4) is 0 Å². The van der Waals surface area contributed by atoms with Crippen LogP contribution in [-0.4, -0.2) is 41.3 Å². The van der Waals surface area contributed by atoms with Crippen molar-refractivity contribution in [2.75, 3.05) is 13.2 Å². The number of nitrogens with zero attached hydrogens (tertiary/aromatic N) is 2. The highest BCUT2D eigenvalue weighted by Crippen LogP contribution is 2.38. The maximum absolute atomic E-state index is 13.7. The second kappa shape index (κ2) is 10.8. The van der Waals surface area contributed by atoms with Crippen molar-refractivity contribution in [3.63, 3.8) is 0 Å². The van der Waals surface area contributed by atoms with Crippen LogP contribution in [0.25, 0.3) is 0 Å². The van der Waals surface area contributed by atoms with Gasteiger partial charge in [0.2, 0.25) is 12.1 Å². The third-order valence-corrected chi connectivity index (χ3v) is 5.89. The molecule has 1 aliphatic heterocycles. The van der Waals surface area contributed by atoms with Gasteiger partial charge in [0.05, 0.1) is 12.6 Å². The molecule has 2 atom stereocenters. The molecule has 0 aromatic heterocycles. The van der Waals surface area contributed by atoms with E-state index in [-0.39, 0.29) is 13.0 Å². The monoisotopic (exact) mass is 468 g/mol. The molecule has 1 aliphatic rings. The molecule has 1 fully saturated rings. The molecule has 0 bridgehead atoms. The van der Waals surface area contributed by atoms with Gasteiger partial charge in [-0.15, -0.1) is 0 Å². The molecule has 3 aromatic rings. The first-order chi connectivity index (χ1) is 16.4. The van der Waals surface area contributed by atoms with Crippen LogP contribution >= 0.6 is 0 Å². The van der Waals surface area contributed by atoms with E-state index in [0.717, 1.165) is 16.0 Å². The van der Waals surface area contributed by atoms with E-state index in [9.17, 15) is 18.0 Å². The minimum absolute atomic E-state index is 0.0427. The van der Waals surface area contributed by atoms with Crippen molar-refractivity contribution in [3.8, 4) is 0 Å². The highest BCUT2D eigenvalue weighted by molar-refractivity contribution is 5.77. The topological polar surface area (TPSA) is 32.8 Å². The minimum atomic E-state index is -4.66. The summed E-state index contributed by atoms with van der Waals surface area (Å²) in [6, 6.07) is 27.6. The fraction of sp³-hybridized carbons (Fsp3) is 0.296. The molecule has 1 amide bonds. The third-order valence-electron chi connectivity index (χ3n) is 5.89. The summed E-state index contributed by atoms with van der Waals surface area (Å²) in [5.74, 6) is -0.570. The summed E-state index contributed by atoms with van der Waals surface area (Å²) in [4.78, 5) is 16.2. The van der Waals surface area contributed by atoms with E-state index in [1.54, 1.807) is 30.3 Å². The van der Waals surface area contributed by atoms with E-state index in [4.69, 9.17) is 4.74 Å². The Kier molecular flexibility index (Phi) is 7.65. The van der Waals surface area contributed by atoms with Crippen molar-refractivity contribution in [2.45, 2.75) is 38.0 Å². The van der Waals surface area contributed by atoms with Gasteiger partial charge in [-0.2, -0.15) is 13.2 Å². The number of rotatable bonds is 8. The van der Waals surface area contributed by atoms with Crippen molar-refractivity contribution in [1.29, 1.82) is 0 Å². The van der Waals surface area contributed by atoms with E-state index < -0.39 is 24.4 Å². The Labute approximate surface area is 197 Å². The summed E-state index contributed by atoms with van der Waals surface area (Å²) in [6.07, 6.45) is -6.94. The number of halogens is 3. The highest BCUT2D eigenvalue weighted by Gasteiger charge is 2.53. The third kappa shape index (κ3) is 6.04. The quantitative estimate of drug-likeness (QED) is 0.434. The largest absolute Gasteiger partial charge is 0.433 e. The van der Waals surface area contributed by atoms with Gasteiger partial charge in [-0.05, 0) is 16.7 Å². The molecule has 3 aromatic carbocycles. The summed E-state index contributed by atoms with van der Waals surface area (Å²) in [6.45, 7) is 1.32. The molecular formula is C27H27F3N2O2. The zero-order valence-electron chi connectivity index (χ0n) is 18.7. The van der Waals surface area contributed by atoms with Gasteiger partial charge >= 0.3 is 6.18 Å². The summed E-state index contributed by atoms with van der Waals surface area (Å²) >= 11 is 0. The van der Waals surface area contributed by atoms with E-state index in [0.29, 0.717) is 25.2 Å². The molecule has 0 spiro atoms. The van der Waals surface area contributed by atoms with Gasteiger partial charge in [0.15, 0.2) is 0 Å². The van der Waals surface area contributed by atoms with Crippen molar-refractivity contribution in [2.24, 2.45) is 0 Å². The van der Waals surface area contributed by atoms with Crippen LogP contribution in [0.15, 0.2) is 91.0 Å². The first kappa shape index (κ1) is 24.0. The Bertz CT molecular complexity index is 1000. The number of hydrogen-bond acceptors (Lipinski definition) is 3. The molecule has 7 heteroatoms. The molecule has 0 saturated carbocycles. The SMILES string of the molecule is O=C(CCN(Cc1ccccc1)Cc1ccccc1)N1[C@H](C(F)(F)F)OC[C@H]1c1ccccc1. The number of amides is 1. The number of alkyl halides is 3. The summed E-state index contributed by atoms with van der Waals surface area (Å²) in [7, 11) is 0. The van der Waals surface area contributed by atoms with Crippen molar-refractivity contribution in [1.82, 2.24) is 9.80 Å². The van der Waals surface area contributed by atoms with Crippen LogP contribution in [-0.2, 0) is 22.6 Å². The smallest absolute Gasteiger partial charge is 0.347 e. The Morgan fingerprint density at radius 2 is 1.35 bits per heavy atom. The van der Waals surface area contributed by atoms with Gasteiger partial charge in [-0.1, -0.05) is 91.0 Å². The van der Waals surface area contributed by atoms with Crippen molar-refractivity contribution < 1.29 is 22.7 Å². The Morgan fingerprint density at radius 3 is 1.85 bits per heavy atom. The average molecular weight is 469 g/mol. The Balaban J connectivity index is 1.51. The molecule has 1 saturated heterocycles. The van der Waals surface area contributed by atoms with Crippen molar-refractivity contribution in [3.05, 3.63) is 108 Å². The molecule has 0 radical (unpaired) electrons. The van der Waals surface area contributed by atoms with Gasteiger partial charge in [0.1, 0.15) is 0 Å². The van der Waals surface area contributed by atoms with Crippen LogP contribution in [0.4, 0.5) is 13.2 Å². The average Bonchev–Trinajstić information content (AvgIpc) is 3.30. The van der Waals surface area contributed by atoms with Gasteiger partial charge in [0.25, 0.3) is 0 Å². The molecule has 0 N–H and O–H groups in total. The molecule has 4 rings (SSSR count). The molecule has 0 unspecified atom stereocenters. The van der Waals surface area contributed by atoms with E-state index in [2.05, 4.69) is 4.90 Å². The van der Waals surface area contributed by atoms with Crippen LogP contribution in [0.5, 0.6) is 0 Å². The fourth-order valence-electron chi connectivity index (χ4n) is 4.28. The van der Waals surface area contributed by atoms with Crippen LogP contribution in [0.1, 0.15) is 29.2 Å². The highest BCUT2D eigenvalue weighted by atomic mass is 19.4. The second-order valence-corrected chi connectivity index (χ2v) is 8.39. The molecule has 1 heterocycles. The van der Waals surface area contributed by atoms with Crippen LogP contribution < -0.4 is 0 Å². The standard InChI is InChI=1S/C27H27F3N2O2/c28-27(29,30)26-32(24(20-34-26)23-14-8-3-9-15-23)25(33)16-17-31(18-21-10-4-1-5-11-21)19-22-12-6-2-7-13-22/h1-15,24,26H,16-20H2/t24-,26-/m0/s1. The maximum atomic E-state index is 13.7. The lowest BCUT2D eigenvalue weighted by atomic mass is 10.1. The zero-order chi connectivity index (χ0) is 24.0.